The van der Waals surface area contributed by atoms with E-state index in [2.05, 4.69) is 0 Å². The number of aliphatic hydroxyl groups excluding tert-OH is 1. The third kappa shape index (κ3) is 1.99. The van der Waals surface area contributed by atoms with Gasteiger partial charge in [-0.2, -0.15) is 0 Å². The van der Waals surface area contributed by atoms with E-state index in [9.17, 15) is 13.2 Å². The van der Waals surface area contributed by atoms with Crippen molar-refractivity contribution in [1.29, 1.82) is 0 Å². The van der Waals surface area contributed by atoms with Crippen LogP contribution in [0.1, 0.15) is 11.7 Å². The minimum absolute atomic E-state index is 0.0705. The van der Waals surface area contributed by atoms with Crippen LogP contribution in [-0.2, 0) is 0 Å². The van der Waals surface area contributed by atoms with Crippen LogP contribution < -0.4 is 5.73 Å². The molecule has 1 aromatic rings. The summed E-state index contributed by atoms with van der Waals surface area (Å²) in [5.41, 5.74) is 4.98. The van der Waals surface area contributed by atoms with E-state index in [-0.39, 0.29) is 12.1 Å². The lowest BCUT2D eigenvalue weighted by atomic mass is 10.1. The van der Waals surface area contributed by atoms with Crippen LogP contribution in [0.4, 0.5) is 13.2 Å². The Kier molecular flexibility index (Phi) is 2.90. The van der Waals surface area contributed by atoms with Crippen molar-refractivity contribution in [3.63, 3.8) is 0 Å². The van der Waals surface area contributed by atoms with Crippen molar-refractivity contribution in [1.82, 2.24) is 0 Å². The Morgan fingerprint density at radius 2 is 1.69 bits per heavy atom. The fourth-order valence-electron chi connectivity index (χ4n) is 0.904. The molecule has 13 heavy (non-hydrogen) atoms. The molecular formula is C8H8F3NO. The van der Waals surface area contributed by atoms with Gasteiger partial charge in [-0.1, -0.05) is 0 Å². The molecule has 0 heterocycles. The summed E-state index contributed by atoms with van der Waals surface area (Å²) < 4.78 is 37.6. The number of aliphatic hydroxyl groups is 1. The molecule has 0 amide bonds. The zero-order valence-corrected chi connectivity index (χ0v) is 6.60. The molecule has 1 atom stereocenters. The summed E-state index contributed by atoms with van der Waals surface area (Å²) in [6.07, 6.45) is -1.18. The predicted molar refractivity (Wildman–Crippen MR) is 40.3 cm³/mol. The average molecular weight is 191 g/mol. The van der Waals surface area contributed by atoms with Gasteiger partial charge in [-0.15, -0.1) is 0 Å². The molecular weight excluding hydrogens is 183 g/mol. The largest absolute Gasteiger partial charge is 0.387 e. The Balaban J connectivity index is 3.13. The molecule has 1 rings (SSSR count). The molecule has 3 N–H and O–H groups in total. The van der Waals surface area contributed by atoms with E-state index < -0.39 is 23.6 Å². The van der Waals surface area contributed by atoms with E-state index in [4.69, 9.17) is 10.8 Å². The highest BCUT2D eigenvalue weighted by atomic mass is 19.2. The molecule has 0 spiro atoms. The molecule has 0 unspecified atom stereocenters. The first-order chi connectivity index (χ1) is 6.06. The van der Waals surface area contributed by atoms with Gasteiger partial charge in [0.25, 0.3) is 0 Å². The van der Waals surface area contributed by atoms with E-state index in [1.165, 1.54) is 0 Å². The highest BCUT2D eigenvalue weighted by Gasteiger charge is 2.14. The Bertz CT molecular complexity index is 293. The lowest BCUT2D eigenvalue weighted by Gasteiger charge is -2.08. The quantitative estimate of drug-likeness (QED) is 0.687. The lowest BCUT2D eigenvalue weighted by molar-refractivity contribution is 0.185. The third-order valence-corrected chi connectivity index (χ3v) is 1.61. The summed E-state index contributed by atoms with van der Waals surface area (Å²) in [5.74, 6) is -4.21. The topological polar surface area (TPSA) is 46.2 Å². The second kappa shape index (κ2) is 3.76. The van der Waals surface area contributed by atoms with Crippen molar-refractivity contribution in [2.75, 3.05) is 6.54 Å². The molecule has 0 bridgehead atoms. The normalized spacial score (nSPS) is 13.0. The minimum atomic E-state index is -1.55. The number of hydrogen-bond acceptors (Lipinski definition) is 2. The van der Waals surface area contributed by atoms with E-state index >= 15 is 0 Å². The molecule has 0 aliphatic heterocycles. The van der Waals surface area contributed by atoms with Gasteiger partial charge in [0.05, 0.1) is 6.10 Å². The number of hydrogen-bond donors (Lipinski definition) is 2. The number of halogens is 3. The highest BCUT2D eigenvalue weighted by Crippen LogP contribution is 2.18. The van der Waals surface area contributed by atoms with Crippen LogP contribution in [-0.4, -0.2) is 11.7 Å². The minimum Gasteiger partial charge on any atom is -0.387 e. The van der Waals surface area contributed by atoms with Gasteiger partial charge < -0.3 is 10.8 Å². The molecule has 72 valence electrons. The second-order valence-electron chi connectivity index (χ2n) is 2.55. The standard InChI is InChI=1S/C8H8F3NO/c9-5-1-4(7(13)3-12)2-6(10)8(5)11/h1-2,7,13H,3,12H2/t7-/m0/s1. The Hall–Kier alpha value is -1.07. The molecule has 0 saturated heterocycles. The van der Waals surface area contributed by atoms with Crippen LogP contribution in [0.5, 0.6) is 0 Å². The number of rotatable bonds is 2. The fraction of sp³-hybridized carbons (Fsp3) is 0.250. The lowest BCUT2D eigenvalue weighted by Crippen LogP contribution is -2.12. The van der Waals surface area contributed by atoms with Gasteiger partial charge >= 0.3 is 0 Å². The van der Waals surface area contributed by atoms with Crippen LogP contribution in [0.15, 0.2) is 12.1 Å². The molecule has 0 aliphatic rings. The van der Waals surface area contributed by atoms with Crippen LogP contribution >= 0.6 is 0 Å². The van der Waals surface area contributed by atoms with Gasteiger partial charge in [0.15, 0.2) is 17.5 Å². The van der Waals surface area contributed by atoms with E-state index in [0.29, 0.717) is 0 Å². The maximum atomic E-state index is 12.6. The summed E-state index contributed by atoms with van der Waals surface area (Å²) in [7, 11) is 0. The van der Waals surface area contributed by atoms with Gasteiger partial charge in [0.2, 0.25) is 0 Å². The molecule has 0 aliphatic carbocycles. The fourth-order valence-corrected chi connectivity index (χ4v) is 0.904. The van der Waals surface area contributed by atoms with Gasteiger partial charge in [-0.25, -0.2) is 13.2 Å². The van der Waals surface area contributed by atoms with Gasteiger partial charge in [0, 0.05) is 6.54 Å². The number of nitrogens with two attached hydrogens (primary N) is 1. The summed E-state index contributed by atoms with van der Waals surface area (Å²) in [6.45, 7) is -0.176. The van der Waals surface area contributed by atoms with Crippen LogP contribution in [0.25, 0.3) is 0 Å². The Labute approximate surface area is 72.8 Å². The van der Waals surface area contributed by atoms with Crippen molar-refractivity contribution in [2.45, 2.75) is 6.10 Å². The van der Waals surface area contributed by atoms with E-state index in [1.54, 1.807) is 0 Å². The van der Waals surface area contributed by atoms with Crippen LogP contribution in [0, 0.1) is 17.5 Å². The SMILES string of the molecule is NC[C@H](O)c1cc(F)c(F)c(F)c1. The number of benzene rings is 1. The molecule has 0 saturated carbocycles. The summed E-state index contributed by atoms with van der Waals surface area (Å²) in [6, 6.07) is 1.44. The van der Waals surface area contributed by atoms with Gasteiger partial charge in [0.1, 0.15) is 0 Å². The molecule has 0 fully saturated rings. The van der Waals surface area contributed by atoms with Crippen LogP contribution in [0.3, 0.4) is 0 Å². The maximum absolute atomic E-state index is 12.6. The zero-order valence-electron chi connectivity index (χ0n) is 6.60. The molecule has 5 heteroatoms. The van der Waals surface area contributed by atoms with Crippen molar-refractivity contribution >= 4 is 0 Å². The first-order valence-electron chi connectivity index (χ1n) is 3.59. The third-order valence-electron chi connectivity index (χ3n) is 1.61. The zero-order chi connectivity index (χ0) is 10.0. The smallest absolute Gasteiger partial charge is 0.194 e. The second-order valence-corrected chi connectivity index (χ2v) is 2.55. The summed E-state index contributed by atoms with van der Waals surface area (Å²) in [4.78, 5) is 0. The molecule has 0 aromatic heterocycles. The van der Waals surface area contributed by atoms with E-state index in [0.717, 1.165) is 12.1 Å². The molecule has 0 radical (unpaired) electrons. The average Bonchev–Trinajstić information content (AvgIpc) is 2.12. The van der Waals surface area contributed by atoms with Crippen LogP contribution in [0.2, 0.25) is 0 Å². The summed E-state index contributed by atoms with van der Waals surface area (Å²) >= 11 is 0. The first-order valence-corrected chi connectivity index (χ1v) is 3.59. The summed E-state index contributed by atoms with van der Waals surface area (Å²) in [5, 5.41) is 9.09. The maximum Gasteiger partial charge on any atom is 0.194 e. The highest BCUT2D eigenvalue weighted by molar-refractivity contribution is 5.21. The molecule has 1 aromatic carbocycles. The van der Waals surface area contributed by atoms with Crippen molar-refractivity contribution < 1.29 is 18.3 Å². The van der Waals surface area contributed by atoms with Gasteiger partial charge in [-0.05, 0) is 17.7 Å². The van der Waals surface area contributed by atoms with Crippen molar-refractivity contribution in [2.24, 2.45) is 5.73 Å². The first kappa shape index (κ1) is 10.0. The van der Waals surface area contributed by atoms with Crippen molar-refractivity contribution in [3.05, 3.63) is 35.1 Å². The molecule has 2 nitrogen and oxygen atoms in total. The van der Waals surface area contributed by atoms with Crippen molar-refractivity contribution in [3.8, 4) is 0 Å². The Morgan fingerprint density at radius 1 is 1.23 bits per heavy atom. The monoisotopic (exact) mass is 191 g/mol. The Morgan fingerprint density at radius 3 is 2.08 bits per heavy atom. The predicted octanol–water partition coefficient (Wildman–Crippen LogP) is 1.10. The van der Waals surface area contributed by atoms with E-state index in [1.807, 2.05) is 0 Å². The van der Waals surface area contributed by atoms with Gasteiger partial charge in [-0.3, -0.25) is 0 Å².